The number of hydrogen-bond acceptors (Lipinski definition) is 2. The van der Waals surface area contributed by atoms with Gasteiger partial charge in [0.05, 0.1) is 17.8 Å². The van der Waals surface area contributed by atoms with E-state index in [4.69, 9.17) is 4.74 Å². The molecule has 0 fully saturated rings. The average Bonchev–Trinajstić information content (AvgIpc) is 2.53. The van der Waals surface area contributed by atoms with Crippen molar-refractivity contribution < 1.29 is 9.53 Å². The maximum Gasteiger partial charge on any atom is 0.259 e. The smallest absolute Gasteiger partial charge is 0.259 e. The minimum Gasteiger partial charge on any atom is -0.486 e. The van der Waals surface area contributed by atoms with Crippen LogP contribution in [0.1, 0.15) is 23.7 Å². The van der Waals surface area contributed by atoms with E-state index in [9.17, 15) is 4.79 Å². The molecule has 1 amide bonds. The second kappa shape index (κ2) is 5.90. The van der Waals surface area contributed by atoms with Crippen molar-refractivity contribution in [2.75, 3.05) is 11.4 Å². The van der Waals surface area contributed by atoms with Crippen molar-refractivity contribution in [3.8, 4) is 5.75 Å². The van der Waals surface area contributed by atoms with Gasteiger partial charge in [0.2, 0.25) is 0 Å². The van der Waals surface area contributed by atoms with Gasteiger partial charge in [-0.2, -0.15) is 0 Å². The zero-order chi connectivity index (χ0) is 14.8. The predicted octanol–water partition coefficient (Wildman–Crippen LogP) is 4.27. The fourth-order valence-electron chi connectivity index (χ4n) is 2.48. The molecule has 2 aromatic rings. The first-order valence-corrected chi connectivity index (χ1v) is 7.82. The highest BCUT2D eigenvalue weighted by atomic mass is 79.9. The molecule has 1 heterocycles. The number of carbonyl (C=O) groups is 1. The van der Waals surface area contributed by atoms with Gasteiger partial charge in [-0.1, -0.05) is 31.2 Å². The van der Waals surface area contributed by atoms with Gasteiger partial charge >= 0.3 is 0 Å². The molecule has 4 heteroatoms. The molecule has 1 unspecified atom stereocenters. The van der Waals surface area contributed by atoms with E-state index >= 15 is 0 Å². The molecule has 1 aliphatic rings. The number of nitrogens with zero attached hydrogens (tertiary/aromatic N) is 1. The lowest BCUT2D eigenvalue weighted by Crippen LogP contribution is -2.43. The monoisotopic (exact) mass is 345 g/mol. The van der Waals surface area contributed by atoms with E-state index in [0.717, 1.165) is 22.3 Å². The van der Waals surface area contributed by atoms with E-state index in [1.807, 2.05) is 53.4 Å². The topological polar surface area (TPSA) is 29.5 Å². The summed E-state index contributed by atoms with van der Waals surface area (Å²) in [5.74, 6) is 0.771. The van der Waals surface area contributed by atoms with Crippen molar-refractivity contribution in [1.29, 1.82) is 0 Å². The van der Waals surface area contributed by atoms with Crippen molar-refractivity contribution in [1.82, 2.24) is 0 Å². The first-order chi connectivity index (χ1) is 10.2. The quantitative estimate of drug-likeness (QED) is 0.813. The summed E-state index contributed by atoms with van der Waals surface area (Å²) in [4.78, 5) is 14.7. The Bertz CT molecular complexity index is 671. The predicted molar refractivity (Wildman–Crippen MR) is 87.0 cm³/mol. The summed E-state index contributed by atoms with van der Waals surface area (Å²) in [5.41, 5.74) is 1.51. The van der Waals surface area contributed by atoms with Gasteiger partial charge in [-0.25, -0.2) is 0 Å². The third kappa shape index (κ3) is 2.68. The number of fused-ring (bicyclic) bond motifs is 1. The van der Waals surface area contributed by atoms with E-state index in [2.05, 4.69) is 22.9 Å². The lowest BCUT2D eigenvalue weighted by molar-refractivity contribution is 0.0953. The van der Waals surface area contributed by atoms with E-state index in [-0.39, 0.29) is 12.0 Å². The van der Waals surface area contributed by atoms with Gasteiger partial charge in [0.15, 0.2) is 0 Å². The van der Waals surface area contributed by atoms with Crippen LogP contribution in [0.2, 0.25) is 0 Å². The van der Waals surface area contributed by atoms with Crippen molar-refractivity contribution in [3.05, 3.63) is 58.6 Å². The highest BCUT2D eigenvalue weighted by Crippen LogP contribution is 2.35. The normalized spacial score (nSPS) is 17.0. The second-order valence-electron chi connectivity index (χ2n) is 5.01. The third-order valence-corrected chi connectivity index (χ3v) is 4.33. The number of halogens is 1. The minimum absolute atomic E-state index is 0.00308. The molecule has 0 aromatic heterocycles. The molecule has 3 rings (SSSR count). The van der Waals surface area contributed by atoms with Gasteiger partial charge in [-0.3, -0.25) is 4.79 Å². The Morgan fingerprint density at radius 2 is 1.95 bits per heavy atom. The van der Waals surface area contributed by atoms with E-state index in [0.29, 0.717) is 12.1 Å². The molecule has 0 N–H and O–H groups in total. The number of rotatable bonds is 2. The Labute approximate surface area is 132 Å². The summed E-state index contributed by atoms with van der Waals surface area (Å²) in [6.45, 7) is 2.65. The standard InChI is InChI=1S/C17H16BrNO2/c1-2-12-11-19(15-9-5-6-10-16(15)21-12)17(20)13-7-3-4-8-14(13)18/h3-10,12H,2,11H2,1H3. The van der Waals surface area contributed by atoms with Crippen LogP contribution in [0.4, 0.5) is 5.69 Å². The van der Waals surface area contributed by atoms with Crippen LogP contribution in [0.25, 0.3) is 0 Å². The molecule has 21 heavy (non-hydrogen) atoms. The molecule has 1 atom stereocenters. The molecular weight excluding hydrogens is 330 g/mol. The first-order valence-electron chi connectivity index (χ1n) is 7.02. The molecule has 0 aliphatic carbocycles. The largest absolute Gasteiger partial charge is 0.486 e. The van der Waals surface area contributed by atoms with Gasteiger partial charge in [0, 0.05) is 4.47 Å². The van der Waals surface area contributed by atoms with Crippen molar-refractivity contribution >= 4 is 27.5 Å². The van der Waals surface area contributed by atoms with Crippen LogP contribution in [0.15, 0.2) is 53.0 Å². The van der Waals surface area contributed by atoms with Crippen LogP contribution in [-0.4, -0.2) is 18.6 Å². The molecule has 1 aliphatic heterocycles. The highest BCUT2D eigenvalue weighted by molar-refractivity contribution is 9.10. The van der Waals surface area contributed by atoms with Crippen LogP contribution < -0.4 is 9.64 Å². The van der Waals surface area contributed by atoms with Crippen molar-refractivity contribution in [2.45, 2.75) is 19.4 Å². The zero-order valence-corrected chi connectivity index (χ0v) is 13.3. The summed E-state index contributed by atoms with van der Waals surface area (Å²) in [7, 11) is 0. The molecule has 2 aromatic carbocycles. The van der Waals surface area contributed by atoms with Crippen LogP contribution in [0.3, 0.4) is 0 Å². The van der Waals surface area contributed by atoms with Gasteiger partial charge in [0.1, 0.15) is 11.9 Å². The minimum atomic E-state index is -0.00308. The molecule has 3 nitrogen and oxygen atoms in total. The lowest BCUT2D eigenvalue weighted by atomic mass is 10.1. The lowest BCUT2D eigenvalue weighted by Gasteiger charge is -2.34. The van der Waals surface area contributed by atoms with Crippen LogP contribution >= 0.6 is 15.9 Å². The molecule has 108 valence electrons. The van der Waals surface area contributed by atoms with Crippen molar-refractivity contribution in [2.24, 2.45) is 0 Å². The molecule has 0 saturated heterocycles. The summed E-state index contributed by atoms with van der Waals surface area (Å²) < 4.78 is 6.73. The number of para-hydroxylation sites is 2. The maximum atomic E-state index is 12.9. The van der Waals surface area contributed by atoms with E-state index in [1.54, 1.807) is 0 Å². The van der Waals surface area contributed by atoms with E-state index < -0.39 is 0 Å². The number of anilines is 1. The average molecular weight is 346 g/mol. The SMILES string of the molecule is CCC1CN(C(=O)c2ccccc2Br)c2ccccc2O1. The Hall–Kier alpha value is -1.81. The molecule has 0 radical (unpaired) electrons. The van der Waals surface area contributed by atoms with Crippen LogP contribution in [0, 0.1) is 0 Å². The number of carbonyl (C=O) groups excluding carboxylic acids is 1. The molecule has 0 spiro atoms. The summed E-state index contributed by atoms with van der Waals surface area (Å²) in [5, 5.41) is 0. The summed E-state index contributed by atoms with van der Waals surface area (Å²) >= 11 is 3.46. The van der Waals surface area contributed by atoms with Crippen molar-refractivity contribution in [3.63, 3.8) is 0 Å². The van der Waals surface area contributed by atoms with Gasteiger partial charge in [0.25, 0.3) is 5.91 Å². The number of ether oxygens (including phenoxy) is 1. The molecule has 0 bridgehead atoms. The Balaban J connectivity index is 2.01. The Kier molecular flexibility index (Phi) is 3.97. The number of amides is 1. The van der Waals surface area contributed by atoms with Gasteiger partial charge in [-0.05, 0) is 46.6 Å². The molecular formula is C17H16BrNO2. The first kappa shape index (κ1) is 14.1. The Morgan fingerprint density at radius 1 is 1.24 bits per heavy atom. The summed E-state index contributed by atoms with van der Waals surface area (Å²) in [6.07, 6.45) is 0.903. The summed E-state index contributed by atoms with van der Waals surface area (Å²) in [6, 6.07) is 15.2. The fourth-order valence-corrected chi connectivity index (χ4v) is 2.94. The zero-order valence-electron chi connectivity index (χ0n) is 11.8. The third-order valence-electron chi connectivity index (χ3n) is 3.64. The fraction of sp³-hybridized carbons (Fsp3) is 0.235. The van der Waals surface area contributed by atoms with Gasteiger partial charge in [-0.15, -0.1) is 0 Å². The van der Waals surface area contributed by atoms with E-state index in [1.165, 1.54) is 0 Å². The number of benzene rings is 2. The maximum absolute atomic E-state index is 12.9. The van der Waals surface area contributed by atoms with Crippen LogP contribution in [0.5, 0.6) is 5.75 Å². The number of hydrogen-bond donors (Lipinski definition) is 0. The van der Waals surface area contributed by atoms with Gasteiger partial charge < -0.3 is 9.64 Å². The molecule has 0 saturated carbocycles. The second-order valence-corrected chi connectivity index (χ2v) is 5.87. The Morgan fingerprint density at radius 3 is 2.71 bits per heavy atom. The highest BCUT2D eigenvalue weighted by Gasteiger charge is 2.29. The van der Waals surface area contributed by atoms with Crippen LogP contribution in [-0.2, 0) is 0 Å².